The molecule has 2 rings (SSSR count). The summed E-state index contributed by atoms with van der Waals surface area (Å²) in [5.41, 5.74) is -1.96. The van der Waals surface area contributed by atoms with E-state index in [0.717, 1.165) is 30.3 Å². The van der Waals surface area contributed by atoms with Crippen LogP contribution in [0.25, 0.3) is 0 Å². The molecule has 10 heteroatoms. The summed E-state index contributed by atoms with van der Waals surface area (Å²) in [7, 11) is -5.03. The molecule has 0 radical (unpaired) electrons. The first kappa shape index (κ1) is 19.9. The molecule has 0 fully saturated rings. The molecule has 0 aliphatic rings. The minimum Gasteiger partial charge on any atom is -0.268 e. The van der Waals surface area contributed by atoms with E-state index in [-0.39, 0.29) is 4.31 Å². The van der Waals surface area contributed by atoms with Gasteiger partial charge in [-0.3, -0.25) is 4.79 Å². The van der Waals surface area contributed by atoms with Gasteiger partial charge in [-0.1, -0.05) is 30.3 Å². The van der Waals surface area contributed by atoms with Crippen LogP contribution < -0.4 is 4.31 Å². The van der Waals surface area contributed by atoms with E-state index < -0.39 is 49.1 Å². The zero-order chi connectivity index (χ0) is 19.7. The number of carbonyl (C=O) groups excluding carboxylic acids is 1. The van der Waals surface area contributed by atoms with Crippen molar-refractivity contribution in [3.8, 4) is 0 Å². The lowest BCUT2D eigenvalue weighted by Crippen LogP contribution is -2.37. The number of hydrogen-bond donors (Lipinski definition) is 0. The zero-order valence-electron chi connectivity index (χ0n) is 12.8. The van der Waals surface area contributed by atoms with E-state index in [9.17, 15) is 30.8 Å². The van der Waals surface area contributed by atoms with Gasteiger partial charge in [0.2, 0.25) is 0 Å². The maximum atomic E-state index is 13.2. The average molecular weight is 408 g/mol. The fourth-order valence-electron chi connectivity index (χ4n) is 2.12. The van der Waals surface area contributed by atoms with Crippen molar-refractivity contribution in [1.29, 1.82) is 0 Å². The second-order valence-electron chi connectivity index (χ2n) is 4.90. The van der Waals surface area contributed by atoms with Crippen LogP contribution in [0.2, 0.25) is 5.02 Å². The zero-order valence-corrected chi connectivity index (χ0v) is 14.4. The molecular weight excluding hydrogens is 398 g/mol. The molecule has 2 aromatic rings. The minimum absolute atomic E-state index is 0.0480. The summed E-state index contributed by atoms with van der Waals surface area (Å²) in [6, 6.07) is 5.76. The molecule has 0 spiro atoms. The normalized spacial score (nSPS) is 11.9. The van der Waals surface area contributed by atoms with Gasteiger partial charge in [0.05, 0.1) is 16.3 Å². The first-order chi connectivity index (χ1) is 12.0. The Morgan fingerprint density at radius 1 is 1.15 bits per heavy atom. The summed E-state index contributed by atoms with van der Waals surface area (Å²) in [5.74, 6) is -2.08. The third-order valence-corrected chi connectivity index (χ3v) is 5.29. The summed E-state index contributed by atoms with van der Waals surface area (Å²) < 4.78 is 78.5. The number of rotatable bonds is 4. The van der Waals surface area contributed by atoms with Crippen molar-refractivity contribution in [2.24, 2.45) is 0 Å². The van der Waals surface area contributed by atoms with Crippen LogP contribution in [-0.4, -0.2) is 14.3 Å². The third kappa shape index (κ3) is 3.73. The number of hydrogen-bond acceptors (Lipinski definition) is 3. The molecule has 0 aromatic heterocycles. The molecule has 0 saturated heterocycles. The Kier molecular flexibility index (Phi) is 5.43. The van der Waals surface area contributed by atoms with E-state index in [4.69, 9.17) is 11.6 Å². The summed E-state index contributed by atoms with van der Waals surface area (Å²) >= 11 is 5.79. The summed E-state index contributed by atoms with van der Waals surface area (Å²) in [6.07, 6.45) is -4.40. The molecule has 0 bridgehead atoms. The van der Waals surface area contributed by atoms with Gasteiger partial charge in [0.1, 0.15) is 10.7 Å². The molecule has 0 heterocycles. The van der Waals surface area contributed by atoms with Crippen molar-refractivity contribution in [3.63, 3.8) is 0 Å². The van der Waals surface area contributed by atoms with Gasteiger partial charge in [-0.05, 0) is 36.4 Å². The number of anilines is 1. The number of amides is 1. The minimum atomic E-state index is -5.03. The van der Waals surface area contributed by atoms with E-state index in [1.54, 1.807) is 0 Å². The number of alkyl halides is 3. The van der Waals surface area contributed by atoms with Gasteiger partial charge in [-0.15, -0.1) is 0 Å². The number of carbonyl (C=O) groups is 1. The summed E-state index contributed by atoms with van der Waals surface area (Å²) in [4.78, 5) is 11.0. The third-order valence-electron chi connectivity index (χ3n) is 3.21. The molecule has 0 N–H and O–H groups in total. The summed E-state index contributed by atoms with van der Waals surface area (Å²) in [5, 5.41) is -0.478. The van der Waals surface area contributed by atoms with Crippen LogP contribution in [0.3, 0.4) is 0 Å². The standard InChI is InChI=1S/C16H10ClF4NO3S/c1-2-15(23)22(13-8-7-10(18)9-12(13)17)26(24,25)14-6-4-3-5-11(14)16(19,20)21/h2-9H,1H2. The van der Waals surface area contributed by atoms with Crippen LogP contribution in [0, 0.1) is 5.82 Å². The van der Waals surface area contributed by atoms with Crippen molar-refractivity contribution < 1.29 is 30.8 Å². The topological polar surface area (TPSA) is 54.5 Å². The SMILES string of the molecule is C=CC(=O)N(c1ccc(F)cc1Cl)S(=O)(=O)c1ccccc1C(F)(F)F. The van der Waals surface area contributed by atoms with Crippen molar-refractivity contribution in [1.82, 2.24) is 0 Å². The van der Waals surface area contributed by atoms with Crippen molar-refractivity contribution in [3.05, 3.63) is 71.5 Å². The molecule has 0 atom stereocenters. The van der Waals surface area contributed by atoms with Crippen molar-refractivity contribution >= 4 is 33.2 Å². The second-order valence-corrected chi connectivity index (χ2v) is 7.06. The highest BCUT2D eigenvalue weighted by Crippen LogP contribution is 2.38. The Morgan fingerprint density at radius 3 is 2.31 bits per heavy atom. The van der Waals surface area contributed by atoms with Gasteiger partial charge in [0.25, 0.3) is 15.9 Å². The predicted molar refractivity (Wildman–Crippen MR) is 87.7 cm³/mol. The average Bonchev–Trinajstić information content (AvgIpc) is 2.56. The Bertz CT molecular complexity index is 974. The van der Waals surface area contributed by atoms with Gasteiger partial charge in [0, 0.05) is 0 Å². The highest BCUT2D eigenvalue weighted by atomic mass is 35.5. The van der Waals surface area contributed by atoms with Crippen LogP contribution in [-0.2, 0) is 21.0 Å². The summed E-state index contributed by atoms with van der Waals surface area (Å²) in [6.45, 7) is 3.14. The molecule has 0 unspecified atom stereocenters. The molecule has 0 aliphatic carbocycles. The fourth-order valence-corrected chi connectivity index (χ4v) is 4.06. The van der Waals surface area contributed by atoms with Crippen LogP contribution in [0.5, 0.6) is 0 Å². The van der Waals surface area contributed by atoms with E-state index in [1.807, 2.05) is 0 Å². The fraction of sp³-hybridized carbons (Fsp3) is 0.0625. The van der Waals surface area contributed by atoms with Gasteiger partial charge in [-0.25, -0.2) is 12.8 Å². The lowest BCUT2D eigenvalue weighted by Gasteiger charge is -2.24. The highest BCUT2D eigenvalue weighted by molar-refractivity contribution is 7.93. The highest BCUT2D eigenvalue weighted by Gasteiger charge is 2.40. The van der Waals surface area contributed by atoms with Gasteiger partial charge in [0.15, 0.2) is 0 Å². The number of sulfonamides is 1. The van der Waals surface area contributed by atoms with E-state index in [2.05, 4.69) is 6.58 Å². The number of halogens is 5. The van der Waals surface area contributed by atoms with Crippen LogP contribution in [0.15, 0.2) is 60.0 Å². The molecule has 4 nitrogen and oxygen atoms in total. The molecule has 1 amide bonds. The number of benzene rings is 2. The van der Waals surface area contributed by atoms with Gasteiger partial charge >= 0.3 is 6.18 Å². The maximum absolute atomic E-state index is 13.2. The Hall–Kier alpha value is -2.39. The Labute approximate surface area is 151 Å². The number of nitrogens with zero attached hydrogens (tertiary/aromatic N) is 1. The molecule has 2 aromatic carbocycles. The van der Waals surface area contributed by atoms with Crippen molar-refractivity contribution in [2.45, 2.75) is 11.1 Å². The van der Waals surface area contributed by atoms with Crippen molar-refractivity contribution in [2.75, 3.05) is 4.31 Å². The maximum Gasteiger partial charge on any atom is 0.417 e. The molecule has 0 saturated carbocycles. The van der Waals surface area contributed by atoms with E-state index >= 15 is 0 Å². The molecule has 26 heavy (non-hydrogen) atoms. The Balaban J connectivity index is 2.78. The molecule has 0 aliphatic heterocycles. The predicted octanol–water partition coefficient (Wildman–Crippen LogP) is 4.41. The smallest absolute Gasteiger partial charge is 0.268 e. The monoisotopic (exact) mass is 407 g/mol. The van der Waals surface area contributed by atoms with Crippen LogP contribution in [0.1, 0.15) is 5.56 Å². The van der Waals surface area contributed by atoms with E-state index in [1.165, 1.54) is 0 Å². The largest absolute Gasteiger partial charge is 0.417 e. The van der Waals surface area contributed by atoms with Gasteiger partial charge in [-0.2, -0.15) is 17.5 Å². The lowest BCUT2D eigenvalue weighted by atomic mass is 10.2. The second kappa shape index (κ2) is 7.08. The molecule has 138 valence electrons. The first-order valence-corrected chi connectivity index (χ1v) is 8.65. The quantitative estimate of drug-likeness (QED) is 0.557. The Morgan fingerprint density at radius 2 is 1.77 bits per heavy atom. The van der Waals surface area contributed by atoms with E-state index in [0.29, 0.717) is 18.2 Å². The van der Waals surface area contributed by atoms with Crippen LogP contribution in [0.4, 0.5) is 23.2 Å². The lowest BCUT2D eigenvalue weighted by molar-refractivity contribution is -0.139. The van der Waals surface area contributed by atoms with Crippen LogP contribution >= 0.6 is 11.6 Å². The molecular formula is C16H10ClF4NO3S. The van der Waals surface area contributed by atoms with Gasteiger partial charge < -0.3 is 0 Å². The first-order valence-electron chi connectivity index (χ1n) is 6.83.